The molecule has 0 radical (unpaired) electrons. The number of imidazole rings is 1. The van der Waals surface area contributed by atoms with E-state index in [2.05, 4.69) is 4.98 Å². The average Bonchev–Trinajstić information content (AvgIpc) is 2.85. The molecule has 11 heteroatoms. The topological polar surface area (TPSA) is 94.2 Å². The molecular weight excluding hydrogens is 399 g/mol. The van der Waals surface area contributed by atoms with Crippen LogP contribution in [0.15, 0.2) is 58.5 Å². The van der Waals surface area contributed by atoms with Crippen LogP contribution in [0.4, 0.5) is 13.2 Å². The van der Waals surface area contributed by atoms with Crippen molar-refractivity contribution in [3.63, 3.8) is 0 Å². The smallest absolute Gasteiger partial charge is 0.493 e. The maximum absolute atomic E-state index is 12.7. The summed E-state index contributed by atoms with van der Waals surface area (Å²) < 4.78 is 63.0. The van der Waals surface area contributed by atoms with E-state index in [9.17, 15) is 31.5 Å². The van der Waals surface area contributed by atoms with Crippen molar-refractivity contribution < 1.29 is 26.7 Å². The third-order valence-corrected chi connectivity index (χ3v) is 5.64. The van der Waals surface area contributed by atoms with Gasteiger partial charge in [0.25, 0.3) is 9.84 Å². The van der Waals surface area contributed by atoms with Gasteiger partial charge in [0.1, 0.15) is 0 Å². The summed E-state index contributed by atoms with van der Waals surface area (Å²) in [6.07, 6.45) is 3.12. The molecule has 148 valence electrons. The van der Waals surface area contributed by atoms with Crippen molar-refractivity contribution in [1.29, 1.82) is 0 Å². The lowest BCUT2D eigenvalue weighted by Crippen LogP contribution is -2.25. The number of sulfone groups is 1. The highest BCUT2D eigenvalue weighted by Crippen LogP contribution is 2.31. The number of hydrogen-bond donors (Lipinski definition) is 1. The lowest BCUT2D eigenvalue weighted by molar-refractivity contribution is -0.0436. The van der Waals surface area contributed by atoms with Gasteiger partial charge >= 0.3 is 11.2 Å². The number of benzene rings is 1. The Balaban J connectivity index is 2.04. The van der Waals surface area contributed by atoms with Crippen LogP contribution in [0.1, 0.15) is 11.3 Å². The minimum absolute atomic E-state index is 0.0247. The predicted octanol–water partition coefficient (Wildman–Crippen LogP) is 2.39. The first-order chi connectivity index (χ1) is 13.0. The summed E-state index contributed by atoms with van der Waals surface area (Å²) in [6, 6.07) is 6.94. The van der Waals surface area contributed by atoms with Crippen molar-refractivity contribution >= 4 is 9.84 Å². The average molecular weight is 413 g/mol. The van der Waals surface area contributed by atoms with Crippen LogP contribution in [-0.2, 0) is 16.4 Å². The lowest BCUT2D eigenvalue weighted by Gasteiger charge is -2.09. The molecule has 2 aromatic heterocycles. The Kier molecular flexibility index (Phi) is 4.79. The molecule has 0 aliphatic heterocycles. The van der Waals surface area contributed by atoms with Crippen molar-refractivity contribution in [3.8, 4) is 11.6 Å². The van der Waals surface area contributed by atoms with E-state index in [0.717, 1.165) is 28.8 Å². The number of aromatic hydroxyl groups is 1. The number of aromatic nitrogens is 3. The standard InChI is InChI=1S/C17H14F3N3O4S/c1-11-15(24)23(16(25)22(11)10-12-3-2-8-21-9-12)13-4-6-14(7-5-13)28(26,27)17(18,19)20/h2-9,24H,10H2,1H3. The monoisotopic (exact) mass is 413 g/mol. The highest BCUT2D eigenvalue weighted by Gasteiger charge is 2.46. The quantitative estimate of drug-likeness (QED) is 0.709. The van der Waals surface area contributed by atoms with E-state index in [4.69, 9.17) is 0 Å². The van der Waals surface area contributed by atoms with E-state index in [1.54, 1.807) is 24.5 Å². The number of hydrogen-bond acceptors (Lipinski definition) is 5. The fraction of sp³-hybridized carbons (Fsp3) is 0.176. The van der Waals surface area contributed by atoms with Gasteiger partial charge in [-0.05, 0) is 42.8 Å². The molecular formula is C17H14F3N3O4S. The molecule has 1 aromatic carbocycles. The van der Waals surface area contributed by atoms with Crippen LogP contribution in [0, 0.1) is 6.92 Å². The molecule has 7 nitrogen and oxygen atoms in total. The maximum Gasteiger partial charge on any atom is 0.501 e. The summed E-state index contributed by atoms with van der Waals surface area (Å²) in [5.74, 6) is -0.402. The molecule has 0 saturated carbocycles. The molecule has 3 rings (SSSR count). The number of halogens is 3. The first-order valence-electron chi connectivity index (χ1n) is 7.86. The van der Waals surface area contributed by atoms with Crippen molar-refractivity contribution in [2.24, 2.45) is 0 Å². The second-order valence-electron chi connectivity index (χ2n) is 5.92. The Morgan fingerprint density at radius 1 is 1.14 bits per heavy atom. The Labute approximate surface area is 157 Å². The minimum atomic E-state index is -5.50. The highest BCUT2D eigenvalue weighted by molar-refractivity contribution is 7.92. The summed E-state index contributed by atoms with van der Waals surface area (Å²) >= 11 is 0. The molecule has 0 atom stereocenters. The Morgan fingerprint density at radius 2 is 1.79 bits per heavy atom. The van der Waals surface area contributed by atoms with Crippen LogP contribution in [-0.4, -0.2) is 33.2 Å². The van der Waals surface area contributed by atoms with E-state index < -0.39 is 31.8 Å². The minimum Gasteiger partial charge on any atom is -0.493 e. The van der Waals surface area contributed by atoms with Gasteiger partial charge in [-0.15, -0.1) is 0 Å². The summed E-state index contributed by atoms with van der Waals surface area (Å²) in [5, 5.41) is 10.3. The maximum atomic E-state index is 12.7. The number of alkyl halides is 3. The number of pyridine rings is 1. The van der Waals surface area contributed by atoms with Gasteiger partial charge in [-0.25, -0.2) is 17.8 Å². The van der Waals surface area contributed by atoms with Gasteiger partial charge in [0, 0.05) is 12.4 Å². The molecule has 0 spiro atoms. The van der Waals surface area contributed by atoms with Gasteiger partial charge in [0.05, 0.1) is 22.8 Å². The van der Waals surface area contributed by atoms with E-state index in [1.165, 1.54) is 11.5 Å². The second kappa shape index (κ2) is 6.82. The van der Waals surface area contributed by atoms with Crippen molar-refractivity contribution in [3.05, 3.63) is 70.5 Å². The van der Waals surface area contributed by atoms with Crippen LogP contribution in [0.25, 0.3) is 5.69 Å². The third-order valence-electron chi connectivity index (χ3n) is 4.14. The van der Waals surface area contributed by atoms with Crippen LogP contribution < -0.4 is 5.69 Å². The molecule has 0 aliphatic rings. The van der Waals surface area contributed by atoms with Crippen LogP contribution >= 0.6 is 0 Å². The van der Waals surface area contributed by atoms with Crippen LogP contribution in [0.5, 0.6) is 5.88 Å². The van der Waals surface area contributed by atoms with Crippen molar-refractivity contribution in [1.82, 2.24) is 14.1 Å². The second-order valence-corrected chi connectivity index (χ2v) is 7.86. The third kappa shape index (κ3) is 3.28. The number of nitrogens with zero attached hydrogens (tertiary/aromatic N) is 3. The Hall–Kier alpha value is -3.08. The zero-order valence-corrected chi connectivity index (χ0v) is 15.2. The Morgan fingerprint density at radius 3 is 2.32 bits per heavy atom. The van der Waals surface area contributed by atoms with Crippen molar-refractivity contribution in [2.75, 3.05) is 0 Å². The normalized spacial score (nSPS) is 12.3. The molecule has 0 saturated heterocycles. The fourth-order valence-corrected chi connectivity index (χ4v) is 3.40. The SMILES string of the molecule is Cc1c(O)n(-c2ccc(S(=O)(=O)C(F)(F)F)cc2)c(=O)n1Cc1cccnc1. The summed E-state index contributed by atoms with van der Waals surface area (Å²) in [6.45, 7) is 1.63. The van der Waals surface area contributed by atoms with Crippen LogP contribution in [0.3, 0.4) is 0 Å². The first-order valence-corrected chi connectivity index (χ1v) is 9.34. The molecule has 1 N–H and O–H groups in total. The zero-order valence-electron chi connectivity index (χ0n) is 14.4. The van der Waals surface area contributed by atoms with E-state index in [0.29, 0.717) is 5.56 Å². The van der Waals surface area contributed by atoms with Gasteiger partial charge in [0.15, 0.2) is 0 Å². The van der Waals surface area contributed by atoms with Gasteiger partial charge in [-0.1, -0.05) is 6.07 Å². The zero-order chi connectivity index (χ0) is 20.7. The predicted molar refractivity (Wildman–Crippen MR) is 93.0 cm³/mol. The summed E-state index contributed by atoms with van der Waals surface area (Å²) in [7, 11) is -5.50. The lowest BCUT2D eigenvalue weighted by atomic mass is 10.3. The van der Waals surface area contributed by atoms with Gasteiger partial charge in [0.2, 0.25) is 5.88 Å². The molecule has 3 aromatic rings. The molecule has 2 heterocycles. The Bertz CT molecular complexity index is 1170. The van der Waals surface area contributed by atoms with Gasteiger partial charge in [-0.3, -0.25) is 9.55 Å². The first kappa shape index (κ1) is 19.7. The molecule has 0 fully saturated rings. The van der Waals surface area contributed by atoms with Crippen LogP contribution in [0.2, 0.25) is 0 Å². The molecule has 0 aliphatic carbocycles. The molecule has 28 heavy (non-hydrogen) atoms. The van der Waals surface area contributed by atoms with E-state index in [-0.39, 0.29) is 17.9 Å². The van der Waals surface area contributed by atoms with E-state index in [1.807, 2.05) is 0 Å². The molecule has 0 amide bonds. The number of rotatable bonds is 4. The van der Waals surface area contributed by atoms with Gasteiger partial charge < -0.3 is 5.11 Å². The van der Waals surface area contributed by atoms with Gasteiger partial charge in [-0.2, -0.15) is 13.2 Å². The van der Waals surface area contributed by atoms with E-state index >= 15 is 0 Å². The summed E-state index contributed by atoms with van der Waals surface area (Å²) in [5.41, 5.74) is -5.10. The summed E-state index contributed by atoms with van der Waals surface area (Å²) in [4.78, 5) is 15.7. The molecule has 0 bridgehead atoms. The highest BCUT2D eigenvalue weighted by atomic mass is 32.2. The fourth-order valence-electron chi connectivity index (χ4n) is 2.64. The molecule has 0 unspecified atom stereocenters. The van der Waals surface area contributed by atoms with Crippen molar-refractivity contribution in [2.45, 2.75) is 23.9 Å². The largest absolute Gasteiger partial charge is 0.501 e.